The van der Waals surface area contributed by atoms with E-state index in [4.69, 9.17) is 150 Å². The molecule has 54 heteroatoms. The molecule has 138 heavy (non-hydrogen) atoms. The number of nitrogens with zero attached hydrogens (tertiary/aromatic N) is 23. The number of aryl methyl sites for hydroxylation is 3. The molecule has 5 unspecified atom stereocenters. The van der Waals surface area contributed by atoms with Gasteiger partial charge in [0.05, 0.1) is 172 Å². The van der Waals surface area contributed by atoms with Crippen LogP contribution < -0.4 is 48.7 Å². The largest absolute Gasteiger partial charge is 0.448 e. The zero-order valence-electron chi connectivity index (χ0n) is 79.4. The van der Waals surface area contributed by atoms with Gasteiger partial charge in [0.25, 0.3) is 0 Å². The lowest BCUT2D eigenvalue weighted by atomic mass is 9.99. The van der Waals surface area contributed by atoms with Gasteiger partial charge < -0.3 is 121 Å². The minimum atomic E-state index is -1.17. The third kappa shape index (κ3) is 45.7. The average molecular weight is 2040 g/mol. The average Bonchev–Trinajstić information content (AvgIpc) is 0.854. The van der Waals surface area contributed by atoms with Crippen molar-refractivity contribution in [1.82, 2.24) is 106 Å². The summed E-state index contributed by atoms with van der Waals surface area (Å²) in [6.07, 6.45) is 6.69. The SMILES string of the molecule is CB(O)O.CC(C)(C)OC(=O)N1CCOC(CN)C1.CC(C)(C)OC(=O)N1CCOC(CNc2cc(Cl)nnc2Cl)C1.Cc1nnc(Cl)cc1NCC1CN(C(=O)OC(C)(C)C)CCO1.Cc1nnc(Nc2cnc(C#N)cn2)cc1NCC1CN(C(=O)OC(C)(C)C)CCO1.Cc1nnc(Nc2cnc(C#N)cn2)cc1NCC1CNCCO1.Clc1cc(Cl)c(Cl)nn1.N#Cc1cnc(N)cn1. The molecule has 8 aromatic heterocycles. The molecule has 4 amide bonds. The molecule has 5 aliphatic heterocycles. The predicted octanol–water partition coefficient (Wildman–Crippen LogP) is 10.2. The van der Waals surface area contributed by atoms with E-state index >= 15 is 0 Å². The summed E-state index contributed by atoms with van der Waals surface area (Å²) in [5.74, 6) is 2.30. The second-order valence-corrected chi connectivity index (χ2v) is 36.3. The number of anilines is 9. The van der Waals surface area contributed by atoms with E-state index in [9.17, 15) is 19.2 Å². The van der Waals surface area contributed by atoms with Crippen molar-refractivity contribution in [2.45, 2.75) is 164 Å². The summed E-state index contributed by atoms with van der Waals surface area (Å²) < 4.78 is 49.7. The number of nitrogen functional groups attached to an aromatic ring is 1. The van der Waals surface area contributed by atoms with Crippen molar-refractivity contribution < 1.29 is 71.9 Å². The van der Waals surface area contributed by atoms with Crippen LogP contribution in [0.2, 0.25) is 37.6 Å². The standard InChI is InChI=1S/C20H26N8O3.C15H23ClN4O3.C15H18N8O.C14H20Cl2N4O3.C10H20N2O3.C5H4N4.C4HCl3N2.CH5BO2/c1-13-16(7-17(27-26-13)25-18-11-22-14(8-21)9-24-18)23-10-15-12-28(5-6-30-15)19(29)31-20(2,3)4;1-10-12(7-13(16)19-18-10)17-8-11-9-20(5-6-22-11)14(21)23-15(2,3)4;1-10-13(19-8-12-7-17-2-3-24-12)4-14(23-22-10)21-15-9-18-11(5-16)6-20-15;1-14(2,3)23-13(21)20-4-5-22-9(8-20)7-17-10-6-11(15)18-19-12(10)16;1-10(2,3)15-9(13)12-4-5-14-8(6-11)7-12;6-1-4-2-9-5(7)3-8-4;5-2-1-3(6)8-9-4(2)7;1-2(3)4/h7,9,11,15H,5-6,10,12H2,1-4H3,(H2,23,24,25,27);7,11H,5-6,8-9H2,1-4H3,(H,17,19);4,6,9,12,17H,2-3,7-8H2,1H3,(H2,19,20,21,23);6,9H,4-5,7-8H2,1-3H3,(H,17,18);8H,4-7,11H2,1-3H3;2-3H,(H2,7,9);1H;3-4H,1H3. The van der Waals surface area contributed by atoms with Gasteiger partial charge in [0, 0.05) is 96.3 Å². The Morgan fingerprint density at radius 3 is 1.09 bits per heavy atom. The first-order chi connectivity index (χ1) is 65.1. The van der Waals surface area contributed by atoms with Crippen LogP contribution in [-0.4, -0.2) is 326 Å². The molecule has 5 aliphatic rings. The highest BCUT2D eigenvalue weighted by Crippen LogP contribution is 2.27. The molecule has 5 saturated heterocycles. The molecule has 0 aromatic carbocycles. The quantitative estimate of drug-likeness (QED) is 0.0298. The lowest BCUT2D eigenvalue weighted by Gasteiger charge is -2.34. The van der Waals surface area contributed by atoms with Crippen molar-refractivity contribution >= 4 is 153 Å². The summed E-state index contributed by atoms with van der Waals surface area (Å²) in [7, 11) is -1.17. The van der Waals surface area contributed by atoms with Crippen molar-refractivity contribution in [1.29, 1.82) is 15.8 Å². The maximum absolute atomic E-state index is 12.3. The number of hydrogen-bond donors (Lipinski definition) is 11. The highest BCUT2D eigenvalue weighted by atomic mass is 35.5. The van der Waals surface area contributed by atoms with Crippen LogP contribution in [0, 0.1) is 54.8 Å². The molecule has 8 aromatic rings. The Bertz CT molecular complexity index is 5170. The minimum Gasteiger partial charge on any atom is -0.444 e. The Morgan fingerprint density at radius 2 is 0.754 bits per heavy atom. The highest BCUT2D eigenvalue weighted by Gasteiger charge is 2.33. The molecule has 0 saturated carbocycles. The lowest BCUT2D eigenvalue weighted by Crippen LogP contribution is -2.49. The van der Waals surface area contributed by atoms with E-state index in [0.717, 1.165) is 53.8 Å². The highest BCUT2D eigenvalue weighted by molar-refractivity contribution is 6.42. The van der Waals surface area contributed by atoms with Crippen LogP contribution in [0.1, 0.15) is 117 Å². The number of nitrogens with one attached hydrogen (secondary N) is 7. The van der Waals surface area contributed by atoms with Crippen molar-refractivity contribution in [2.75, 3.05) is 169 Å². The summed E-state index contributed by atoms with van der Waals surface area (Å²) in [5.41, 5.74) is 14.8. The Morgan fingerprint density at radius 1 is 0.435 bits per heavy atom. The molecular formula is C84H117BCl6N32O15. The van der Waals surface area contributed by atoms with Crippen LogP contribution in [-0.2, 0) is 42.6 Å². The summed E-state index contributed by atoms with van der Waals surface area (Å²) in [5, 5.41) is 103. The number of carbonyl (C=O) groups is 4. The zero-order valence-corrected chi connectivity index (χ0v) is 83.9. The Hall–Kier alpha value is -11.8. The maximum atomic E-state index is 12.3. The second-order valence-electron chi connectivity index (χ2n) is 34.1. The smallest absolute Gasteiger partial charge is 0.444 e. The van der Waals surface area contributed by atoms with E-state index in [1.807, 2.05) is 128 Å². The van der Waals surface area contributed by atoms with Gasteiger partial charge in [-0.15, -0.1) is 35.7 Å². The first kappa shape index (κ1) is 115. The Balaban J connectivity index is 0.000000253. The summed E-state index contributed by atoms with van der Waals surface area (Å²) in [6.45, 7) is 40.0. The number of aromatic nitrogens is 16. The molecule has 0 aliphatic carbocycles. The van der Waals surface area contributed by atoms with Crippen molar-refractivity contribution in [3.05, 3.63) is 132 Å². The van der Waals surface area contributed by atoms with Crippen LogP contribution in [0.3, 0.4) is 0 Å². The van der Waals surface area contributed by atoms with E-state index in [1.54, 1.807) is 37.8 Å². The number of carbonyl (C=O) groups excluding carboxylic acids is 4. The normalized spacial score (nSPS) is 16.7. The van der Waals surface area contributed by atoms with Crippen molar-refractivity contribution in [2.24, 2.45) is 5.73 Å². The summed E-state index contributed by atoms with van der Waals surface area (Å²) in [4.78, 5) is 78.3. The fourth-order valence-corrected chi connectivity index (χ4v) is 12.3. The van der Waals surface area contributed by atoms with Crippen LogP contribution in [0.4, 0.5) is 71.0 Å². The zero-order chi connectivity index (χ0) is 102. The number of rotatable bonds is 17. The van der Waals surface area contributed by atoms with Gasteiger partial charge in [-0.25, -0.2) is 49.1 Å². The first-order valence-corrected chi connectivity index (χ1v) is 45.3. The van der Waals surface area contributed by atoms with Gasteiger partial charge in [-0.1, -0.05) is 69.6 Å². The number of hydrogen-bond acceptors (Lipinski definition) is 43. The minimum absolute atomic E-state index is 0.0636. The van der Waals surface area contributed by atoms with Gasteiger partial charge in [-0.05, 0) is 117 Å². The number of ether oxygens (including phenoxy) is 9. The molecular weight excluding hydrogens is 1920 g/mol. The fourth-order valence-electron chi connectivity index (χ4n) is 11.4. The van der Waals surface area contributed by atoms with Gasteiger partial charge >= 0.3 is 31.5 Å². The Labute approximate surface area is 830 Å². The van der Waals surface area contributed by atoms with Gasteiger partial charge in [0.2, 0.25) is 0 Å². The summed E-state index contributed by atoms with van der Waals surface area (Å²) in [6, 6.07) is 14.1. The lowest BCUT2D eigenvalue weighted by molar-refractivity contribution is -0.0384. The van der Waals surface area contributed by atoms with Gasteiger partial charge in [0.1, 0.15) is 58.1 Å². The van der Waals surface area contributed by atoms with E-state index in [-0.39, 0.29) is 92.6 Å². The molecule has 13 rings (SSSR count). The van der Waals surface area contributed by atoms with E-state index in [1.165, 1.54) is 50.1 Å². The third-order valence-corrected chi connectivity index (χ3v) is 19.1. The summed E-state index contributed by atoms with van der Waals surface area (Å²) >= 11 is 33.9. The maximum Gasteiger partial charge on any atom is 0.448 e. The van der Waals surface area contributed by atoms with Crippen LogP contribution in [0.15, 0.2) is 67.5 Å². The first-order valence-electron chi connectivity index (χ1n) is 43.0. The van der Waals surface area contributed by atoms with Gasteiger partial charge in [-0.2, -0.15) is 31.1 Å². The number of nitrogens with two attached hydrogens (primary N) is 2. The van der Waals surface area contributed by atoms with Gasteiger partial charge in [0.15, 0.2) is 54.5 Å². The van der Waals surface area contributed by atoms with Crippen molar-refractivity contribution in [3.8, 4) is 18.2 Å². The number of morpholine rings is 5. The molecule has 5 atom stereocenters. The molecule has 0 radical (unpaired) electrons. The number of halogens is 6. The molecule has 13 heterocycles. The third-order valence-electron chi connectivity index (χ3n) is 17.6. The monoisotopic (exact) mass is 2030 g/mol. The van der Waals surface area contributed by atoms with Crippen molar-refractivity contribution in [3.63, 3.8) is 0 Å². The second kappa shape index (κ2) is 57.6. The number of nitriles is 3. The fraction of sp³-hybridized carbons (Fsp3) is 0.536. The molecule has 0 spiro atoms. The van der Waals surface area contributed by atoms with E-state index in [0.29, 0.717) is 156 Å². The Kier molecular flexibility index (Phi) is 48.0. The van der Waals surface area contributed by atoms with Crippen LogP contribution in [0.25, 0.3) is 0 Å². The van der Waals surface area contributed by atoms with Crippen LogP contribution in [0.5, 0.6) is 0 Å². The van der Waals surface area contributed by atoms with E-state index < -0.39 is 29.5 Å². The predicted molar refractivity (Wildman–Crippen MR) is 518 cm³/mol. The number of amides is 4. The molecule has 0 bridgehead atoms. The molecule has 47 nitrogen and oxygen atoms in total. The van der Waals surface area contributed by atoms with Crippen LogP contribution >= 0.6 is 69.6 Å². The van der Waals surface area contributed by atoms with E-state index in [2.05, 4.69) is 118 Å². The molecule has 5 fully saturated rings. The molecule has 13 N–H and O–H groups in total. The molecule has 748 valence electrons. The van der Waals surface area contributed by atoms with Gasteiger partial charge in [-0.3, -0.25) is 0 Å². The topological polar surface area (TPSA) is 619 Å².